The van der Waals surface area contributed by atoms with E-state index in [1.165, 1.54) is 0 Å². The van der Waals surface area contributed by atoms with Gasteiger partial charge in [-0.25, -0.2) is 4.98 Å². The van der Waals surface area contributed by atoms with Gasteiger partial charge in [0.1, 0.15) is 5.65 Å². The van der Waals surface area contributed by atoms with E-state index in [1.807, 2.05) is 16.8 Å². The molecule has 0 radical (unpaired) electrons. The Labute approximate surface area is 97.4 Å². The van der Waals surface area contributed by atoms with Crippen molar-refractivity contribution in [1.29, 1.82) is 0 Å². The Morgan fingerprint density at radius 2 is 2.44 bits per heavy atom. The quantitative estimate of drug-likeness (QED) is 0.818. The van der Waals surface area contributed by atoms with E-state index in [-0.39, 0.29) is 11.2 Å². The first-order valence-corrected chi connectivity index (χ1v) is 5.26. The number of rotatable bonds is 3. The van der Waals surface area contributed by atoms with Crippen molar-refractivity contribution in [3.05, 3.63) is 23.7 Å². The van der Waals surface area contributed by atoms with E-state index in [0.29, 0.717) is 13.0 Å². The molecule has 0 atom stereocenters. The third kappa shape index (κ3) is 2.14. The van der Waals surface area contributed by atoms with Crippen LogP contribution in [0.2, 0.25) is 5.28 Å². The Kier molecular flexibility index (Phi) is 3.05. The maximum Gasteiger partial charge on any atom is 0.224 e. The van der Waals surface area contributed by atoms with Crippen LogP contribution in [0.25, 0.3) is 11.0 Å². The zero-order valence-electron chi connectivity index (χ0n) is 8.77. The summed E-state index contributed by atoms with van der Waals surface area (Å²) in [7, 11) is 1.62. The summed E-state index contributed by atoms with van der Waals surface area (Å²) in [5.74, 6) is 0.00185. The molecule has 2 aromatic rings. The predicted molar refractivity (Wildman–Crippen MR) is 61.2 cm³/mol. The lowest BCUT2D eigenvalue weighted by atomic mass is 10.4. The molecule has 0 aromatic carbocycles. The van der Waals surface area contributed by atoms with Gasteiger partial charge in [0, 0.05) is 37.8 Å². The molecule has 1 amide bonds. The van der Waals surface area contributed by atoms with E-state index in [4.69, 9.17) is 11.6 Å². The van der Waals surface area contributed by atoms with Crippen LogP contribution in [0.3, 0.4) is 0 Å². The number of hydrogen-bond acceptors (Lipinski definition) is 3. The minimum atomic E-state index is 0.00185. The highest BCUT2D eigenvalue weighted by Crippen LogP contribution is 2.14. The average molecular weight is 239 g/mol. The second kappa shape index (κ2) is 4.49. The van der Waals surface area contributed by atoms with Crippen LogP contribution >= 0.6 is 11.6 Å². The first-order valence-electron chi connectivity index (χ1n) is 4.88. The maximum absolute atomic E-state index is 11.1. The third-order valence-corrected chi connectivity index (χ3v) is 2.51. The normalized spacial score (nSPS) is 10.6. The van der Waals surface area contributed by atoms with Gasteiger partial charge in [-0.15, -0.1) is 0 Å². The van der Waals surface area contributed by atoms with E-state index >= 15 is 0 Å². The van der Waals surface area contributed by atoms with Crippen LogP contribution in [-0.4, -0.2) is 27.5 Å². The molecule has 6 heteroatoms. The largest absolute Gasteiger partial charge is 0.359 e. The van der Waals surface area contributed by atoms with E-state index in [2.05, 4.69) is 15.3 Å². The van der Waals surface area contributed by atoms with Gasteiger partial charge >= 0.3 is 0 Å². The molecule has 0 aliphatic rings. The number of aryl methyl sites for hydroxylation is 1. The molecule has 84 valence electrons. The second-order valence-electron chi connectivity index (χ2n) is 3.35. The maximum atomic E-state index is 11.1. The molecule has 0 aliphatic heterocycles. The van der Waals surface area contributed by atoms with Crippen molar-refractivity contribution in [2.45, 2.75) is 13.0 Å². The Hall–Kier alpha value is -1.62. The SMILES string of the molecule is CNC(=O)CCn1ccc2cnc(Cl)nc21. The Balaban J connectivity index is 2.24. The van der Waals surface area contributed by atoms with E-state index in [1.54, 1.807) is 13.2 Å². The monoisotopic (exact) mass is 238 g/mol. The number of carbonyl (C=O) groups is 1. The van der Waals surface area contributed by atoms with Crippen LogP contribution in [0.4, 0.5) is 0 Å². The molecule has 0 bridgehead atoms. The Morgan fingerprint density at radius 1 is 1.62 bits per heavy atom. The first kappa shape index (κ1) is 10.9. The van der Waals surface area contributed by atoms with Crippen LogP contribution in [-0.2, 0) is 11.3 Å². The molecule has 0 spiro atoms. The third-order valence-electron chi connectivity index (χ3n) is 2.33. The minimum Gasteiger partial charge on any atom is -0.359 e. The molecule has 2 aromatic heterocycles. The lowest BCUT2D eigenvalue weighted by Gasteiger charge is -2.03. The van der Waals surface area contributed by atoms with Crippen LogP contribution < -0.4 is 5.32 Å². The fraction of sp³-hybridized carbons (Fsp3) is 0.300. The minimum absolute atomic E-state index is 0.00185. The summed E-state index contributed by atoms with van der Waals surface area (Å²) in [6.45, 7) is 0.580. The number of fused-ring (bicyclic) bond motifs is 1. The molecule has 0 unspecified atom stereocenters. The molecule has 0 fully saturated rings. The van der Waals surface area contributed by atoms with Gasteiger partial charge < -0.3 is 9.88 Å². The molecule has 0 saturated carbocycles. The van der Waals surface area contributed by atoms with Crippen LogP contribution in [0, 0.1) is 0 Å². The first-order chi connectivity index (χ1) is 7.70. The van der Waals surface area contributed by atoms with E-state index < -0.39 is 0 Å². The Bertz CT molecular complexity index is 523. The van der Waals surface area contributed by atoms with Crippen molar-refractivity contribution >= 4 is 28.5 Å². The van der Waals surface area contributed by atoms with Crippen LogP contribution in [0.1, 0.15) is 6.42 Å². The second-order valence-corrected chi connectivity index (χ2v) is 3.69. The summed E-state index contributed by atoms with van der Waals surface area (Å²) in [6, 6.07) is 1.90. The zero-order chi connectivity index (χ0) is 11.5. The molecular formula is C10H11ClN4O. The molecular weight excluding hydrogens is 228 g/mol. The fourth-order valence-corrected chi connectivity index (χ4v) is 1.61. The van der Waals surface area contributed by atoms with Crippen molar-refractivity contribution in [3.63, 3.8) is 0 Å². The number of aromatic nitrogens is 3. The number of nitrogens with one attached hydrogen (secondary N) is 1. The summed E-state index contributed by atoms with van der Waals surface area (Å²) in [5, 5.41) is 3.71. The van der Waals surface area contributed by atoms with Gasteiger partial charge in [-0.1, -0.05) is 0 Å². The van der Waals surface area contributed by atoms with Crippen LogP contribution in [0.5, 0.6) is 0 Å². The number of hydrogen-bond donors (Lipinski definition) is 1. The van der Waals surface area contributed by atoms with Crippen LogP contribution in [0.15, 0.2) is 18.5 Å². The predicted octanol–water partition coefficient (Wildman–Crippen LogP) is 1.22. The summed E-state index contributed by atoms with van der Waals surface area (Å²) in [5.41, 5.74) is 0.754. The van der Waals surface area contributed by atoms with Gasteiger partial charge in [-0.05, 0) is 17.7 Å². The fourth-order valence-electron chi connectivity index (χ4n) is 1.48. The van der Waals surface area contributed by atoms with Gasteiger partial charge in [0.05, 0.1) is 0 Å². The standard InChI is InChI=1S/C10H11ClN4O/c1-12-8(16)3-5-15-4-2-7-6-13-10(11)14-9(7)15/h2,4,6H,3,5H2,1H3,(H,12,16). The average Bonchev–Trinajstić information content (AvgIpc) is 2.68. The number of halogens is 1. The number of carbonyl (C=O) groups excluding carboxylic acids is 1. The van der Waals surface area contributed by atoms with E-state index in [9.17, 15) is 4.79 Å². The highest BCUT2D eigenvalue weighted by molar-refractivity contribution is 6.28. The topological polar surface area (TPSA) is 59.8 Å². The highest BCUT2D eigenvalue weighted by atomic mass is 35.5. The van der Waals surface area contributed by atoms with Crippen molar-refractivity contribution in [1.82, 2.24) is 19.9 Å². The smallest absolute Gasteiger partial charge is 0.224 e. The zero-order valence-corrected chi connectivity index (χ0v) is 9.53. The van der Waals surface area contributed by atoms with Gasteiger partial charge in [0.2, 0.25) is 11.2 Å². The summed E-state index contributed by atoms with van der Waals surface area (Å²) < 4.78 is 1.89. The summed E-state index contributed by atoms with van der Waals surface area (Å²) >= 11 is 5.72. The molecule has 0 saturated heterocycles. The van der Waals surface area contributed by atoms with Gasteiger partial charge in [0.25, 0.3) is 0 Å². The van der Waals surface area contributed by atoms with Crippen molar-refractivity contribution in [2.75, 3.05) is 7.05 Å². The van der Waals surface area contributed by atoms with Crippen molar-refractivity contribution < 1.29 is 4.79 Å². The lowest BCUT2D eigenvalue weighted by molar-refractivity contribution is -0.120. The van der Waals surface area contributed by atoms with Gasteiger partial charge in [-0.3, -0.25) is 4.79 Å². The highest BCUT2D eigenvalue weighted by Gasteiger charge is 2.05. The summed E-state index contributed by atoms with van der Waals surface area (Å²) in [4.78, 5) is 19.1. The summed E-state index contributed by atoms with van der Waals surface area (Å²) in [6.07, 6.45) is 3.96. The van der Waals surface area contributed by atoms with Crippen molar-refractivity contribution in [3.8, 4) is 0 Å². The van der Waals surface area contributed by atoms with Gasteiger partial charge in [0.15, 0.2) is 0 Å². The van der Waals surface area contributed by atoms with E-state index in [0.717, 1.165) is 11.0 Å². The van der Waals surface area contributed by atoms with Gasteiger partial charge in [-0.2, -0.15) is 4.98 Å². The lowest BCUT2D eigenvalue weighted by Crippen LogP contribution is -2.19. The molecule has 5 nitrogen and oxygen atoms in total. The molecule has 2 heterocycles. The molecule has 1 N–H and O–H groups in total. The molecule has 16 heavy (non-hydrogen) atoms. The van der Waals surface area contributed by atoms with Crippen molar-refractivity contribution in [2.24, 2.45) is 0 Å². The Morgan fingerprint density at radius 3 is 3.19 bits per heavy atom. The molecule has 2 rings (SSSR count). The molecule has 0 aliphatic carbocycles. The number of amides is 1. The number of nitrogens with zero attached hydrogens (tertiary/aromatic N) is 3.